The lowest BCUT2D eigenvalue weighted by Crippen LogP contribution is -2.60. The molecule has 1 saturated carbocycles. The van der Waals surface area contributed by atoms with E-state index < -0.39 is 92.6 Å². The molecule has 45 heavy (non-hydrogen) atoms. The topological polar surface area (TPSA) is 95.0 Å². The van der Waals surface area contributed by atoms with Crippen molar-refractivity contribution < 1.29 is 50.6 Å². The second-order valence-electron chi connectivity index (χ2n) is 11.8. The van der Waals surface area contributed by atoms with E-state index >= 15 is 0 Å². The minimum absolute atomic E-state index is 0.113. The van der Waals surface area contributed by atoms with Crippen LogP contribution in [-0.2, 0) is 31.5 Å². The zero-order valence-corrected chi connectivity index (χ0v) is 24.8. The number of para-hydroxylation sites is 1. The van der Waals surface area contributed by atoms with Crippen molar-refractivity contribution in [2.75, 3.05) is 11.9 Å². The summed E-state index contributed by atoms with van der Waals surface area (Å²) in [6.45, 7) is 1.58. The van der Waals surface area contributed by atoms with Crippen LogP contribution in [-0.4, -0.2) is 50.4 Å². The van der Waals surface area contributed by atoms with Crippen molar-refractivity contribution in [3.05, 3.63) is 70.3 Å². The van der Waals surface area contributed by atoms with Gasteiger partial charge in [-0.05, 0) is 49.4 Å². The molecule has 2 aromatic carbocycles. The third kappa shape index (κ3) is 4.18. The van der Waals surface area contributed by atoms with Crippen LogP contribution < -0.4 is 4.90 Å². The number of halogens is 8. The number of alkyl halides is 8. The summed E-state index contributed by atoms with van der Waals surface area (Å²) in [5.74, 6) is -9.14. The lowest BCUT2D eigenvalue weighted by atomic mass is 9.56. The Hall–Kier alpha value is -3.58. The molecule has 3 fully saturated rings. The fourth-order valence-corrected chi connectivity index (χ4v) is 8.34. The fourth-order valence-electron chi connectivity index (χ4n) is 7.33. The monoisotopic (exact) mass is 674 g/mol. The van der Waals surface area contributed by atoms with E-state index in [9.17, 15) is 50.6 Å². The summed E-state index contributed by atoms with van der Waals surface area (Å²) in [4.78, 5) is 51.4. The first kappa shape index (κ1) is 31.4. The molecule has 238 valence electrons. The first-order valence-corrected chi connectivity index (χ1v) is 14.4. The molecule has 2 saturated heterocycles. The highest BCUT2D eigenvalue weighted by Gasteiger charge is 2.76. The SMILES string of the molecule is Cc1cccc(C2C3=CCC4C(=O)N(c5cc(C(F)(F)F)cc(C(F)(F)F)c5)C(=O)C4C3CC3(Cl)C(=O)N(C)C(=O)C23Cl)c1O. The number of hydrogen-bond donors (Lipinski definition) is 1. The predicted octanol–water partition coefficient (Wildman–Crippen LogP) is 5.93. The van der Waals surface area contributed by atoms with Crippen molar-refractivity contribution in [2.24, 2.45) is 17.8 Å². The number of fused-ring (bicyclic) bond motifs is 4. The lowest BCUT2D eigenvalue weighted by Gasteiger charge is -2.50. The summed E-state index contributed by atoms with van der Waals surface area (Å²) in [5.41, 5.74) is -3.54. The second kappa shape index (κ2) is 9.71. The Morgan fingerprint density at radius 2 is 1.49 bits per heavy atom. The number of carbonyl (C=O) groups is 4. The molecule has 6 rings (SSSR count). The molecular formula is C30H22Cl2F6N2O5. The van der Waals surface area contributed by atoms with Crippen LogP contribution in [0.1, 0.15) is 41.0 Å². The summed E-state index contributed by atoms with van der Waals surface area (Å²) in [6.07, 6.45) is -9.58. The number of phenolic OH excluding ortho intramolecular Hbond substituents is 1. The van der Waals surface area contributed by atoms with E-state index in [1.165, 1.54) is 19.2 Å². The molecule has 2 aliphatic heterocycles. The number of hydrogen-bond acceptors (Lipinski definition) is 5. The van der Waals surface area contributed by atoms with E-state index in [0.717, 1.165) is 4.90 Å². The van der Waals surface area contributed by atoms with Gasteiger partial charge in [-0.3, -0.25) is 24.1 Å². The number of phenols is 1. The van der Waals surface area contributed by atoms with Crippen LogP contribution in [0.3, 0.4) is 0 Å². The van der Waals surface area contributed by atoms with Crippen LogP contribution in [0.4, 0.5) is 32.0 Å². The summed E-state index contributed by atoms with van der Waals surface area (Å²) >= 11 is 14.0. The molecule has 1 N–H and O–H groups in total. The highest BCUT2D eigenvalue weighted by Crippen LogP contribution is 2.66. The van der Waals surface area contributed by atoms with Gasteiger partial charge in [-0.25, -0.2) is 4.90 Å². The van der Waals surface area contributed by atoms with Crippen molar-refractivity contribution in [1.82, 2.24) is 4.90 Å². The number of allylic oxidation sites excluding steroid dienone is 2. The van der Waals surface area contributed by atoms with Gasteiger partial charge in [0.25, 0.3) is 11.8 Å². The molecule has 6 atom stereocenters. The van der Waals surface area contributed by atoms with Crippen molar-refractivity contribution in [3.8, 4) is 5.75 Å². The molecule has 0 spiro atoms. The first-order valence-electron chi connectivity index (χ1n) is 13.6. The van der Waals surface area contributed by atoms with Gasteiger partial charge < -0.3 is 5.11 Å². The quantitative estimate of drug-likeness (QED) is 0.184. The van der Waals surface area contributed by atoms with E-state index in [-0.39, 0.29) is 23.8 Å². The van der Waals surface area contributed by atoms with E-state index in [1.54, 1.807) is 19.1 Å². The normalized spacial score (nSPS) is 31.6. The Morgan fingerprint density at radius 3 is 2.07 bits per heavy atom. The highest BCUT2D eigenvalue weighted by molar-refractivity contribution is 6.53. The maximum atomic E-state index is 14.0. The maximum absolute atomic E-state index is 14.0. The van der Waals surface area contributed by atoms with E-state index in [0.29, 0.717) is 28.2 Å². The predicted molar refractivity (Wildman–Crippen MR) is 147 cm³/mol. The Bertz CT molecular complexity index is 1710. The summed E-state index contributed by atoms with van der Waals surface area (Å²) in [7, 11) is 1.17. The number of aryl methyl sites for hydroxylation is 1. The number of nitrogens with zero attached hydrogens (tertiary/aromatic N) is 2. The Balaban J connectivity index is 1.51. The van der Waals surface area contributed by atoms with Crippen molar-refractivity contribution >= 4 is 52.5 Å². The van der Waals surface area contributed by atoms with Gasteiger partial charge in [0.15, 0.2) is 9.75 Å². The number of amides is 4. The van der Waals surface area contributed by atoms with Gasteiger partial charge >= 0.3 is 12.4 Å². The molecule has 0 bridgehead atoms. The van der Waals surface area contributed by atoms with Crippen molar-refractivity contribution in [1.29, 1.82) is 0 Å². The summed E-state index contributed by atoms with van der Waals surface area (Å²) in [5, 5.41) is 11.1. The van der Waals surface area contributed by atoms with E-state index in [2.05, 4.69) is 0 Å². The number of carbonyl (C=O) groups excluding carboxylic acids is 4. The second-order valence-corrected chi connectivity index (χ2v) is 13.0. The molecule has 2 aromatic rings. The number of benzene rings is 2. The van der Waals surface area contributed by atoms with Crippen LogP contribution in [0, 0.1) is 24.7 Å². The molecule has 7 nitrogen and oxygen atoms in total. The molecule has 0 aromatic heterocycles. The van der Waals surface area contributed by atoms with Crippen LogP contribution in [0.5, 0.6) is 5.75 Å². The molecule has 4 aliphatic rings. The van der Waals surface area contributed by atoms with Gasteiger partial charge in [-0.2, -0.15) is 26.3 Å². The molecule has 2 aliphatic carbocycles. The Morgan fingerprint density at radius 1 is 0.889 bits per heavy atom. The Kier molecular flexibility index (Phi) is 6.78. The van der Waals surface area contributed by atoms with Gasteiger partial charge in [0.05, 0.1) is 28.7 Å². The standard InChI is InChI=1S/C30H22Cl2F6N2O5/c1-12-4-3-5-18(22(12)41)21-16-6-7-17-20(19(16)11-27(31)25(44)39(2)26(45)28(21,27)32)24(43)40(23(17)42)15-9-13(29(33,34)35)8-14(10-15)30(36,37)38/h3-6,8-10,17,19-21,41H,7,11H2,1-2H3. The van der Waals surface area contributed by atoms with Crippen LogP contribution in [0.15, 0.2) is 48.0 Å². The number of likely N-dealkylation sites (tertiary alicyclic amines) is 1. The van der Waals surface area contributed by atoms with Gasteiger partial charge in [0, 0.05) is 18.5 Å². The Labute approximate surface area is 261 Å². The molecule has 4 amide bonds. The van der Waals surface area contributed by atoms with Gasteiger partial charge in [0.1, 0.15) is 5.75 Å². The summed E-state index contributed by atoms with van der Waals surface area (Å²) < 4.78 is 81.8. The van der Waals surface area contributed by atoms with Gasteiger partial charge in [-0.1, -0.05) is 29.8 Å². The minimum Gasteiger partial charge on any atom is -0.507 e. The van der Waals surface area contributed by atoms with Gasteiger partial charge in [0.2, 0.25) is 11.8 Å². The van der Waals surface area contributed by atoms with E-state index in [1.807, 2.05) is 0 Å². The average molecular weight is 675 g/mol. The zero-order chi connectivity index (χ0) is 33.2. The van der Waals surface area contributed by atoms with Crippen LogP contribution >= 0.6 is 23.2 Å². The highest BCUT2D eigenvalue weighted by atomic mass is 35.5. The number of anilines is 1. The maximum Gasteiger partial charge on any atom is 0.416 e. The number of aromatic hydroxyl groups is 1. The lowest BCUT2D eigenvalue weighted by molar-refractivity contribution is -0.143. The first-order chi connectivity index (χ1) is 20.7. The fraction of sp³-hybridized carbons (Fsp3) is 0.400. The third-order valence-corrected chi connectivity index (χ3v) is 10.8. The molecule has 6 unspecified atom stereocenters. The number of imide groups is 2. The molecule has 0 radical (unpaired) electrons. The molecule has 2 heterocycles. The van der Waals surface area contributed by atoms with Crippen LogP contribution in [0.2, 0.25) is 0 Å². The third-order valence-electron chi connectivity index (χ3n) is 9.42. The smallest absolute Gasteiger partial charge is 0.416 e. The summed E-state index contributed by atoms with van der Waals surface area (Å²) in [6, 6.07) is 5.10. The van der Waals surface area contributed by atoms with Crippen LogP contribution in [0.25, 0.3) is 0 Å². The zero-order valence-electron chi connectivity index (χ0n) is 23.3. The number of rotatable bonds is 2. The van der Waals surface area contributed by atoms with Crippen molar-refractivity contribution in [2.45, 2.75) is 47.8 Å². The van der Waals surface area contributed by atoms with E-state index in [4.69, 9.17) is 23.2 Å². The average Bonchev–Trinajstić information content (AvgIpc) is 3.28. The molecular weight excluding hydrogens is 653 g/mol. The largest absolute Gasteiger partial charge is 0.507 e. The minimum atomic E-state index is -5.23. The van der Waals surface area contributed by atoms with Crippen molar-refractivity contribution in [3.63, 3.8) is 0 Å². The molecule has 15 heteroatoms. The van der Waals surface area contributed by atoms with Gasteiger partial charge in [-0.15, -0.1) is 23.2 Å².